The molecule has 0 spiro atoms. The van der Waals surface area contributed by atoms with Crippen LogP contribution >= 0.6 is 0 Å². The lowest BCUT2D eigenvalue weighted by Crippen LogP contribution is -2.49. The van der Waals surface area contributed by atoms with Gasteiger partial charge in [-0.3, -0.25) is 0 Å². The predicted molar refractivity (Wildman–Crippen MR) is 58.3 cm³/mol. The minimum atomic E-state index is -2.91. The van der Waals surface area contributed by atoms with Gasteiger partial charge in [0.15, 0.2) is 0 Å². The van der Waals surface area contributed by atoms with Crippen LogP contribution in [0.1, 0.15) is 25.7 Å². The van der Waals surface area contributed by atoms with Crippen molar-refractivity contribution in [3.05, 3.63) is 0 Å². The van der Waals surface area contributed by atoms with Gasteiger partial charge in [0.1, 0.15) is 9.84 Å². The van der Waals surface area contributed by atoms with Crippen LogP contribution in [0.3, 0.4) is 0 Å². The minimum absolute atomic E-state index is 0.0965. The molecule has 1 saturated heterocycles. The molecule has 0 aromatic carbocycles. The Morgan fingerprint density at radius 1 is 1.47 bits per heavy atom. The van der Waals surface area contributed by atoms with Crippen LogP contribution in [-0.4, -0.2) is 38.7 Å². The smallest absolute Gasteiger partial charge is 0.147 e. The molecule has 2 fully saturated rings. The van der Waals surface area contributed by atoms with E-state index in [9.17, 15) is 8.42 Å². The topological polar surface area (TPSA) is 69.4 Å². The zero-order valence-corrected chi connectivity index (χ0v) is 9.92. The highest BCUT2D eigenvalue weighted by atomic mass is 32.2. The second kappa shape index (κ2) is 3.71. The van der Waals surface area contributed by atoms with E-state index in [1.54, 1.807) is 0 Å². The van der Waals surface area contributed by atoms with Crippen molar-refractivity contribution in [2.75, 3.05) is 18.6 Å². The molecule has 2 rings (SSSR count). The molecule has 2 N–H and O–H groups in total. The molecule has 5 heteroatoms. The summed E-state index contributed by atoms with van der Waals surface area (Å²) in [4.78, 5) is 0. The Morgan fingerprint density at radius 3 is 2.67 bits per heavy atom. The fourth-order valence-corrected chi connectivity index (χ4v) is 3.08. The summed E-state index contributed by atoms with van der Waals surface area (Å²) in [5, 5.41) is 0. The first-order chi connectivity index (χ1) is 6.91. The molecule has 15 heavy (non-hydrogen) atoms. The number of hydrogen-bond acceptors (Lipinski definition) is 4. The Kier molecular flexibility index (Phi) is 2.81. The zero-order valence-electron chi connectivity index (χ0n) is 9.11. The number of ether oxygens (including phenoxy) is 1. The van der Waals surface area contributed by atoms with E-state index >= 15 is 0 Å². The monoisotopic (exact) mass is 233 g/mol. The molecule has 2 unspecified atom stereocenters. The third-order valence-electron chi connectivity index (χ3n) is 3.42. The third-order valence-corrected chi connectivity index (χ3v) is 4.37. The third kappa shape index (κ3) is 2.71. The molecule has 2 aliphatic rings. The number of nitrogens with two attached hydrogens (primary N) is 1. The van der Waals surface area contributed by atoms with Gasteiger partial charge in [0.25, 0.3) is 0 Å². The molecule has 0 aromatic heterocycles. The number of rotatable bonds is 4. The molecular weight excluding hydrogens is 214 g/mol. The van der Waals surface area contributed by atoms with Crippen molar-refractivity contribution in [2.24, 2.45) is 11.7 Å². The van der Waals surface area contributed by atoms with E-state index in [0.29, 0.717) is 18.9 Å². The van der Waals surface area contributed by atoms with Crippen molar-refractivity contribution in [1.29, 1.82) is 0 Å². The number of sulfone groups is 1. The standard InChI is InChI=1S/C10H19NO3S/c1-15(12,13)7-5-10(11)4-6-14-9(10)8-2-3-8/h8-9H,2-7,11H2,1H3. The summed E-state index contributed by atoms with van der Waals surface area (Å²) in [6.07, 6.45) is 5.05. The maximum absolute atomic E-state index is 11.1. The van der Waals surface area contributed by atoms with Crippen LogP contribution < -0.4 is 5.73 Å². The molecular formula is C10H19NO3S. The normalized spacial score (nSPS) is 37.1. The van der Waals surface area contributed by atoms with Crippen LogP contribution in [0, 0.1) is 5.92 Å². The molecule has 1 aliphatic carbocycles. The largest absolute Gasteiger partial charge is 0.376 e. The minimum Gasteiger partial charge on any atom is -0.376 e. The average Bonchev–Trinajstić information content (AvgIpc) is 2.87. The summed E-state index contributed by atoms with van der Waals surface area (Å²) in [6, 6.07) is 0. The summed E-state index contributed by atoms with van der Waals surface area (Å²) in [7, 11) is -2.91. The Morgan fingerprint density at radius 2 is 2.13 bits per heavy atom. The zero-order chi connectivity index (χ0) is 11.1. The Bertz CT molecular complexity index is 337. The molecule has 2 atom stereocenters. The first-order valence-corrected chi connectivity index (χ1v) is 7.55. The van der Waals surface area contributed by atoms with Crippen molar-refractivity contribution < 1.29 is 13.2 Å². The fraction of sp³-hybridized carbons (Fsp3) is 1.00. The van der Waals surface area contributed by atoms with Gasteiger partial charge in [-0.2, -0.15) is 0 Å². The van der Waals surface area contributed by atoms with Gasteiger partial charge in [-0.05, 0) is 31.6 Å². The summed E-state index contributed by atoms with van der Waals surface area (Å²) in [6.45, 7) is 0.682. The second-order valence-electron chi connectivity index (χ2n) is 4.99. The highest BCUT2D eigenvalue weighted by Gasteiger charge is 2.48. The molecule has 1 saturated carbocycles. The highest BCUT2D eigenvalue weighted by molar-refractivity contribution is 7.90. The summed E-state index contributed by atoms with van der Waals surface area (Å²) >= 11 is 0. The van der Waals surface area contributed by atoms with Crippen molar-refractivity contribution >= 4 is 9.84 Å². The summed E-state index contributed by atoms with van der Waals surface area (Å²) in [5.41, 5.74) is 5.86. The molecule has 0 aromatic rings. The molecule has 1 aliphatic heterocycles. The Labute approximate surface area is 91.1 Å². The Hall–Kier alpha value is -0.130. The second-order valence-corrected chi connectivity index (χ2v) is 7.25. The Balaban J connectivity index is 1.98. The average molecular weight is 233 g/mol. The van der Waals surface area contributed by atoms with Gasteiger partial charge in [-0.1, -0.05) is 0 Å². The van der Waals surface area contributed by atoms with E-state index in [4.69, 9.17) is 10.5 Å². The van der Waals surface area contributed by atoms with E-state index < -0.39 is 15.4 Å². The SMILES string of the molecule is CS(=O)(=O)CCC1(N)CCOC1C1CC1. The van der Waals surface area contributed by atoms with Gasteiger partial charge in [-0.25, -0.2) is 8.42 Å². The van der Waals surface area contributed by atoms with Crippen LogP contribution in [-0.2, 0) is 14.6 Å². The number of hydrogen-bond donors (Lipinski definition) is 1. The summed E-state index contributed by atoms with van der Waals surface area (Å²) in [5.74, 6) is 0.757. The van der Waals surface area contributed by atoms with Gasteiger partial charge in [0, 0.05) is 18.4 Å². The van der Waals surface area contributed by atoms with Gasteiger partial charge in [-0.15, -0.1) is 0 Å². The maximum atomic E-state index is 11.1. The van der Waals surface area contributed by atoms with Crippen molar-refractivity contribution in [2.45, 2.75) is 37.3 Å². The lowest BCUT2D eigenvalue weighted by atomic mass is 9.87. The summed E-state index contributed by atoms with van der Waals surface area (Å²) < 4.78 is 27.9. The fourth-order valence-electron chi connectivity index (χ4n) is 2.33. The van der Waals surface area contributed by atoms with Crippen LogP contribution in [0.2, 0.25) is 0 Å². The molecule has 0 amide bonds. The first kappa shape index (κ1) is 11.4. The van der Waals surface area contributed by atoms with Crippen LogP contribution in [0.5, 0.6) is 0 Å². The first-order valence-electron chi connectivity index (χ1n) is 5.49. The quantitative estimate of drug-likeness (QED) is 0.759. The molecule has 1 heterocycles. The molecule has 0 radical (unpaired) electrons. The van der Waals surface area contributed by atoms with Crippen LogP contribution in [0.4, 0.5) is 0 Å². The van der Waals surface area contributed by atoms with Gasteiger partial charge in [0.2, 0.25) is 0 Å². The molecule has 88 valence electrons. The van der Waals surface area contributed by atoms with Crippen LogP contribution in [0.25, 0.3) is 0 Å². The van der Waals surface area contributed by atoms with E-state index in [2.05, 4.69) is 0 Å². The lowest BCUT2D eigenvalue weighted by Gasteiger charge is -2.29. The van der Waals surface area contributed by atoms with Gasteiger partial charge >= 0.3 is 0 Å². The van der Waals surface area contributed by atoms with Crippen molar-refractivity contribution in [3.8, 4) is 0 Å². The van der Waals surface area contributed by atoms with E-state index in [1.165, 1.54) is 19.1 Å². The van der Waals surface area contributed by atoms with E-state index in [0.717, 1.165) is 6.42 Å². The van der Waals surface area contributed by atoms with Crippen molar-refractivity contribution in [1.82, 2.24) is 0 Å². The molecule has 4 nitrogen and oxygen atoms in total. The van der Waals surface area contributed by atoms with Gasteiger partial charge in [0.05, 0.1) is 11.9 Å². The molecule has 0 bridgehead atoms. The predicted octanol–water partition coefficient (Wildman–Crippen LogP) is 0.317. The lowest BCUT2D eigenvalue weighted by molar-refractivity contribution is 0.0618. The maximum Gasteiger partial charge on any atom is 0.147 e. The highest BCUT2D eigenvalue weighted by Crippen LogP contribution is 2.43. The van der Waals surface area contributed by atoms with E-state index in [-0.39, 0.29) is 11.9 Å². The van der Waals surface area contributed by atoms with Crippen LogP contribution in [0.15, 0.2) is 0 Å². The van der Waals surface area contributed by atoms with Crippen molar-refractivity contribution in [3.63, 3.8) is 0 Å². The van der Waals surface area contributed by atoms with E-state index in [1.807, 2.05) is 0 Å². The van der Waals surface area contributed by atoms with Gasteiger partial charge < -0.3 is 10.5 Å².